The summed E-state index contributed by atoms with van der Waals surface area (Å²) < 4.78 is 27.7. The topological polar surface area (TPSA) is 61.4 Å². The molecule has 2 heterocycles. The lowest BCUT2D eigenvalue weighted by molar-refractivity contribution is 0.394. The molecule has 2 N–H and O–H groups in total. The monoisotopic (exact) mass is 331 g/mol. The molecule has 1 unspecified atom stereocenters. The zero-order valence-electron chi connectivity index (χ0n) is 12.9. The molecule has 7 heteroatoms. The molecular formula is C14H25N3O2S2. The van der Waals surface area contributed by atoms with Crippen molar-refractivity contribution in [2.75, 3.05) is 26.7 Å². The third-order valence-electron chi connectivity index (χ3n) is 3.64. The van der Waals surface area contributed by atoms with E-state index in [9.17, 15) is 8.42 Å². The lowest BCUT2D eigenvalue weighted by atomic mass is 10.1. The summed E-state index contributed by atoms with van der Waals surface area (Å²) in [6.45, 7) is 7.42. The molecule has 5 nitrogen and oxygen atoms in total. The van der Waals surface area contributed by atoms with Crippen LogP contribution in [0.2, 0.25) is 0 Å². The molecule has 0 bridgehead atoms. The quantitative estimate of drug-likeness (QED) is 0.794. The van der Waals surface area contributed by atoms with Crippen LogP contribution in [0.3, 0.4) is 0 Å². The van der Waals surface area contributed by atoms with Gasteiger partial charge in [0.1, 0.15) is 4.21 Å². The van der Waals surface area contributed by atoms with Gasteiger partial charge < -0.3 is 10.2 Å². The van der Waals surface area contributed by atoms with Crippen molar-refractivity contribution in [3.63, 3.8) is 0 Å². The van der Waals surface area contributed by atoms with Gasteiger partial charge in [-0.1, -0.05) is 13.8 Å². The summed E-state index contributed by atoms with van der Waals surface area (Å²) in [5.74, 6) is 0.423. The van der Waals surface area contributed by atoms with Crippen molar-refractivity contribution in [1.82, 2.24) is 14.9 Å². The van der Waals surface area contributed by atoms with Gasteiger partial charge in [0.2, 0.25) is 10.0 Å². The second kappa shape index (κ2) is 7.19. The van der Waals surface area contributed by atoms with Crippen LogP contribution in [0.4, 0.5) is 0 Å². The van der Waals surface area contributed by atoms with Crippen molar-refractivity contribution in [1.29, 1.82) is 0 Å². The predicted octanol–water partition coefficient (Wildman–Crippen LogP) is 1.48. The lowest BCUT2D eigenvalue weighted by Gasteiger charge is -2.11. The van der Waals surface area contributed by atoms with E-state index < -0.39 is 10.0 Å². The van der Waals surface area contributed by atoms with E-state index >= 15 is 0 Å². The highest BCUT2D eigenvalue weighted by molar-refractivity contribution is 7.91. The van der Waals surface area contributed by atoms with Crippen molar-refractivity contribution in [3.8, 4) is 0 Å². The largest absolute Gasteiger partial charge is 0.310 e. The van der Waals surface area contributed by atoms with Crippen LogP contribution in [0, 0.1) is 5.92 Å². The molecule has 0 spiro atoms. The highest BCUT2D eigenvalue weighted by atomic mass is 32.2. The van der Waals surface area contributed by atoms with Crippen molar-refractivity contribution < 1.29 is 8.42 Å². The van der Waals surface area contributed by atoms with Gasteiger partial charge in [-0.05, 0) is 38.1 Å². The van der Waals surface area contributed by atoms with Gasteiger partial charge >= 0.3 is 0 Å². The van der Waals surface area contributed by atoms with Crippen molar-refractivity contribution in [3.05, 3.63) is 17.0 Å². The van der Waals surface area contributed by atoms with Gasteiger partial charge in [0.05, 0.1) is 0 Å². The number of nitrogens with one attached hydrogen (secondary N) is 2. The zero-order chi connectivity index (χ0) is 15.5. The van der Waals surface area contributed by atoms with E-state index in [0.29, 0.717) is 29.3 Å². The molecular weight excluding hydrogens is 306 g/mol. The summed E-state index contributed by atoms with van der Waals surface area (Å²) in [4.78, 5) is 3.28. The van der Waals surface area contributed by atoms with Crippen molar-refractivity contribution >= 4 is 21.4 Å². The molecule has 1 aromatic heterocycles. The normalized spacial score (nSPS) is 20.5. The minimum atomic E-state index is -3.36. The summed E-state index contributed by atoms with van der Waals surface area (Å²) in [6.07, 6.45) is 1.06. The molecule has 0 saturated carbocycles. The Morgan fingerprint density at radius 2 is 2.19 bits per heavy atom. The Morgan fingerprint density at radius 3 is 2.81 bits per heavy atom. The molecule has 21 heavy (non-hydrogen) atoms. The standard InChI is InChI=1S/C14H25N3O2S2/c1-11(2)15-9-13-4-5-14(20-13)21(18,19)16-8-12-6-7-17(3)10-12/h4-5,11-12,15-16H,6-10H2,1-3H3. The van der Waals surface area contributed by atoms with Gasteiger partial charge in [-0.2, -0.15) is 0 Å². The van der Waals surface area contributed by atoms with Crippen LogP contribution in [0.15, 0.2) is 16.3 Å². The fourth-order valence-electron chi connectivity index (χ4n) is 2.39. The molecule has 0 radical (unpaired) electrons. The van der Waals surface area contributed by atoms with Gasteiger partial charge in [-0.25, -0.2) is 13.1 Å². The summed E-state index contributed by atoms with van der Waals surface area (Å²) in [7, 11) is -1.29. The fraction of sp³-hybridized carbons (Fsp3) is 0.714. The Kier molecular flexibility index (Phi) is 5.79. The maximum Gasteiger partial charge on any atom is 0.250 e. The summed E-state index contributed by atoms with van der Waals surface area (Å²) >= 11 is 1.34. The first-order valence-corrected chi connectivity index (χ1v) is 9.67. The van der Waals surface area contributed by atoms with Crippen LogP contribution in [0.25, 0.3) is 0 Å². The SMILES string of the molecule is CC(C)NCc1ccc(S(=O)(=O)NCC2CCN(C)C2)s1. The van der Waals surface area contributed by atoms with E-state index in [1.54, 1.807) is 6.07 Å². The van der Waals surface area contributed by atoms with Crippen LogP contribution < -0.4 is 10.0 Å². The molecule has 0 aliphatic carbocycles. The minimum absolute atomic E-state index is 0.393. The minimum Gasteiger partial charge on any atom is -0.310 e. The summed E-state index contributed by atoms with van der Waals surface area (Å²) in [5.41, 5.74) is 0. The van der Waals surface area contributed by atoms with Crippen LogP contribution >= 0.6 is 11.3 Å². The number of hydrogen-bond donors (Lipinski definition) is 2. The Balaban J connectivity index is 1.90. The van der Waals surface area contributed by atoms with E-state index in [1.807, 2.05) is 6.07 Å². The highest BCUT2D eigenvalue weighted by Crippen LogP contribution is 2.22. The predicted molar refractivity (Wildman–Crippen MR) is 87.1 cm³/mol. The Hall–Kier alpha value is -0.470. The van der Waals surface area contributed by atoms with Crippen LogP contribution in [0.5, 0.6) is 0 Å². The number of nitrogens with zero attached hydrogens (tertiary/aromatic N) is 1. The first-order valence-electron chi connectivity index (χ1n) is 7.37. The lowest BCUT2D eigenvalue weighted by Crippen LogP contribution is -2.30. The molecule has 120 valence electrons. The fourth-order valence-corrected chi connectivity index (χ4v) is 4.86. The average molecular weight is 332 g/mol. The molecule has 0 aromatic carbocycles. The van der Waals surface area contributed by atoms with E-state index in [-0.39, 0.29) is 0 Å². The highest BCUT2D eigenvalue weighted by Gasteiger charge is 2.23. The van der Waals surface area contributed by atoms with Gasteiger partial charge in [0.15, 0.2) is 0 Å². The molecule has 1 aromatic rings. The van der Waals surface area contributed by atoms with Crippen LogP contribution in [-0.4, -0.2) is 46.0 Å². The first-order chi connectivity index (χ1) is 9.87. The third kappa shape index (κ3) is 5.03. The molecule has 1 aliphatic heterocycles. The number of sulfonamides is 1. The van der Waals surface area contributed by atoms with Gasteiger partial charge in [0.25, 0.3) is 0 Å². The van der Waals surface area contributed by atoms with Crippen LogP contribution in [0.1, 0.15) is 25.1 Å². The van der Waals surface area contributed by atoms with E-state index in [4.69, 9.17) is 0 Å². The molecule has 2 rings (SSSR count). The van der Waals surface area contributed by atoms with Crippen molar-refractivity contribution in [2.24, 2.45) is 5.92 Å². The van der Waals surface area contributed by atoms with Gasteiger partial charge in [-0.15, -0.1) is 11.3 Å². The maximum atomic E-state index is 12.3. The van der Waals surface area contributed by atoms with Crippen molar-refractivity contribution in [2.45, 2.75) is 37.1 Å². The smallest absolute Gasteiger partial charge is 0.250 e. The third-order valence-corrected chi connectivity index (χ3v) is 6.64. The Bertz CT molecular complexity index is 554. The summed E-state index contributed by atoms with van der Waals surface area (Å²) in [5, 5.41) is 3.30. The van der Waals surface area contributed by atoms with E-state index in [2.05, 4.69) is 35.8 Å². The molecule has 1 atom stereocenters. The number of likely N-dealkylation sites (tertiary alicyclic amines) is 1. The second-order valence-corrected chi connectivity index (χ2v) is 9.19. The maximum absolute atomic E-state index is 12.3. The Labute approximate surface area is 131 Å². The van der Waals surface area contributed by atoms with E-state index in [1.165, 1.54) is 11.3 Å². The van der Waals surface area contributed by atoms with Gasteiger partial charge in [-0.3, -0.25) is 0 Å². The number of thiophene rings is 1. The summed E-state index contributed by atoms with van der Waals surface area (Å²) in [6, 6.07) is 3.98. The van der Waals surface area contributed by atoms with Gasteiger partial charge in [0, 0.05) is 30.6 Å². The Morgan fingerprint density at radius 1 is 1.43 bits per heavy atom. The molecule has 0 amide bonds. The van der Waals surface area contributed by atoms with Crippen LogP contribution in [-0.2, 0) is 16.6 Å². The number of rotatable bonds is 7. The van der Waals surface area contributed by atoms with E-state index in [0.717, 1.165) is 24.4 Å². The molecule has 1 fully saturated rings. The molecule has 1 saturated heterocycles. The molecule has 1 aliphatic rings. The zero-order valence-corrected chi connectivity index (χ0v) is 14.6. The first kappa shape index (κ1) is 16.9. The number of hydrogen-bond acceptors (Lipinski definition) is 5. The average Bonchev–Trinajstić information content (AvgIpc) is 3.03. The second-order valence-electron chi connectivity index (χ2n) is 6.03.